The van der Waals surface area contributed by atoms with Crippen molar-refractivity contribution in [2.45, 2.75) is 77.2 Å². The van der Waals surface area contributed by atoms with Gasteiger partial charge in [-0.25, -0.2) is 0 Å². The number of carbonyl (C=O) groups excluding carboxylic acids is 2. The third-order valence-corrected chi connectivity index (χ3v) is 8.90. The number of ketones is 1. The molecule has 3 nitrogen and oxygen atoms in total. The number of ether oxygens (including phenoxy) is 1. The molecule has 1 spiro atoms. The number of allylic oxidation sites excluding steroid dienone is 1. The van der Waals surface area contributed by atoms with E-state index in [2.05, 4.69) is 13.8 Å². The molecular weight excluding hydrogens is 312 g/mol. The molecular formula is C22H30O3. The average molecular weight is 342 g/mol. The summed E-state index contributed by atoms with van der Waals surface area (Å²) in [5, 5.41) is 0. The maximum atomic E-state index is 12.0. The number of esters is 1. The Bertz CT molecular complexity index is 664. The van der Waals surface area contributed by atoms with Crippen LogP contribution < -0.4 is 0 Å². The molecule has 7 atom stereocenters. The molecule has 0 radical (unpaired) electrons. The number of fused-ring (bicyclic) bond motifs is 6. The Morgan fingerprint density at radius 3 is 2.64 bits per heavy atom. The number of hydrogen-bond acceptors (Lipinski definition) is 3. The molecule has 4 fully saturated rings. The van der Waals surface area contributed by atoms with E-state index in [1.54, 1.807) is 0 Å². The van der Waals surface area contributed by atoms with Gasteiger partial charge in [0.2, 0.25) is 0 Å². The molecule has 1 saturated heterocycles. The summed E-state index contributed by atoms with van der Waals surface area (Å²) in [6, 6.07) is 0. The Kier molecular flexibility index (Phi) is 3.35. The van der Waals surface area contributed by atoms with Crippen LogP contribution in [0.2, 0.25) is 0 Å². The molecule has 0 aromatic carbocycles. The summed E-state index contributed by atoms with van der Waals surface area (Å²) >= 11 is 0. The Morgan fingerprint density at radius 1 is 1.04 bits per heavy atom. The first-order valence-corrected chi connectivity index (χ1v) is 10.4. The molecule has 4 aliphatic carbocycles. The summed E-state index contributed by atoms with van der Waals surface area (Å²) in [6.45, 7) is 4.84. The van der Waals surface area contributed by atoms with Crippen molar-refractivity contribution < 1.29 is 14.3 Å². The molecule has 25 heavy (non-hydrogen) atoms. The van der Waals surface area contributed by atoms with Crippen LogP contribution in [0.5, 0.6) is 0 Å². The third kappa shape index (κ3) is 2.04. The normalized spacial score (nSPS) is 51.6. The molecule has 3 saturated carbocycles. The van der Waals surface area contributed by atoms with Crippen molar-refractivity contribution in [2.75, 3.05) is 0 Å². The maximum absolute atomic E-state index is 12.0. The highest BCUT2D eigenvalue weighted by molar-refractivity contribution is 5.91. The fourth-order valence-electron chi connectivity index (χ4n) is 8.06. The van der Waals surface area contributed by atoms with Crippen molar-refractivity contribution in [3.05, 3.63) is 11.6 Å². The zero-order chi connectivity index (χ0) is 17.4. The molecule has 0 bridgehead atoms. The van der Waals surface area contributed by atoms with E-state index in [9.17, 15) is 9.59 Å². The van der Waals surface area contributed by atoms with Crippen LogP contribution in [-0.4, -0.2) is 17.4 Å². The molecule has 3 heteroatoms. The van der Waals surface area contributed by atoms with Gasteiger partial charge in [-0.05, 0) is 80.6 Å². The van der Waals surface area contributed by atoms with Crippen molar-refractivity contribution in [1.29, 1.82) is 0 Å². The molecule has 136 valence electrons. The van der Waals surface area contributed by atoms with E-state index in [0.717, 1.165) is 43.9 Å². The van der Waals surface area contributed by atoms with Crippen LogP contribution >= 0.6 is 0 Å². The molecule has 5 rings (SSSR count). The predicted octanol–water partition coefficient (Wildman–Crippen LogP) is 4.45. The van der Waals surface area contributed by atoms with Crippen LogP contribution in [0, 0.1) is 35.0 Å². The summed E-state index contributed by atoms with van der Waals surface area (Å²) in [5.41, 5.74) is 1.43. The minimum Gasteiger partial charge on any atom is -0.458 e. The van der Waals surface area contributed by atoms with Gasteiger partial charge in [-0.2, -0.15) is 0 Å². The second-order valence-corrected chi connectivity index (χ2v) is 9.83. The van der Waals surface area contributed by atoms with E-state index in [1.807, 2.05) is 6.08 Å². The molecule has 0 aromatic rings. The van der Waals surface area contributed by atoms with Crippen molar-refractivity contribution in [3.8, 4) is 0 Å². The fraction of sp³-hybridized carbons (Fsp3) is 0.818. The van der Waals surface area contributed by atoms with Gasteiger partial charge in [0.1, 0.15) is 5.60 Å². The van der Waals surface area contributed by atoms with Gasteiger partial charge >= 0.3 is 5.97 Å². The number of carbonyl (C=O) groups is 2. The second-order valence-electron chi connectivity index (χ2n) is 9.83. The van der Waals surface area contributed by atoms with Crippen LogP contribution in [0.15, 0.2) is 11.6 Å². The molecule has 5 unspecified atom stereocenters. The lowest BCUT2D eigenvalue weighted by Gasteiger charge is -2.56. The van der Waals surface area contributed by atoms with Crippen LogP contribution in [0.1, 0.15) is 71.6 Å². The lowest BCUT2D eigenvalue weighted by atomic mass is 9.49. The van der Waals surface area contributed by atoms with Crippen LogP contribution in [0.3, 0.4) is 0 Å². The van der Waals surface area contributed by atoms with Crippen LogP contribution in [0.4, 0.5) is 0 Å². The van der Waals surface area contributed by atoms with Gasteiger partial charge in [0, 0.05) is 18.3 Å². The highest BCUT2D eigenvalue weighted by Crippen LogP contribution is 2.69. The van der Waals surface area contributed by atoms with E-state index < -0.39 is 0 Å². The van der Waals surface area contributed by atoms with Crippen LogP contribution in [-0.2, 0) is 14.3 Å². The Balaban J connectivity index is 1.49. The molecule has 5 aliphatic rings. The molecule has 0 N–H and O–H groups in total. The smallest absolute Gasteiger partial charge is 0.306 e. The first-order chi connectivity index (χ1) is 11.9. The summed E-state index contributed by atoms with van der Waals surface area (Å²) in [7, 11) is 0. The van der Waals surface area contributed by atoms with Gasteiger partial charge in [0.25, 0.3) is 0 Å². The van der Waals surface area contributed by atoms with Crippen LogP contribution in [0.25, 0.3) is 0 Å². The molecule has 0 aromatic heterocycles. The predicted molar refractivity (Wildman–Crippen MR) is 94.7 cm³/mol. The van der Waals surface area contributed by atoms with E-state index >= 15 is 0 Å². The quantitative estimate of drug-likeness (QED) is 0.611. The van der Waals surface area contributed by atoms with Gasteiger partial charge in [-0.15, -0.1) is 0 Å². The number of rotatable bonds is 0. The van der Waals surface area contributed by atoms with E-state index in [1.165, 1.54) is 24.8 Å². The molecule has 1 heterocycles. The van der Waals surface area contributed by atoms with Gasteiger partial charge in [-0.3, -0.25) is 9.59 Å². The van der Waals surface area contributed by atoms with E-state index in [0.29, 0.717) is 30.0 Å². The first-order valence-electron chi connectivity index (χ1n) is 10.4. The lowest BCUT2D eigenvalue weighted by Crippen LogP contribution is -2.53. The van der Waals surface area contributed by atoms with Gasteiger partial charge in [0.05, 0.1) is 0 Å². The largest absolute Gasteiger partial charge is 0.458 e. The first kappa shape index (κ1) is 16.1. The Morgan fingerprint density at radius 2 is 1.88 bits per heavy atom. The second kappa shape index (κ2) is 5.20. The fourth-order valence-corrected chi connectivity index (χ4v) is 8.06. The standard InChI is InChI=1S/C22H30O3/c1-13-12-22(10-8-19(24)25-22)21(2)9-7-17-16-6-4-15(23)11-14(16)3-5-18(17)20(13)21/h11,13,16-18,20H,3-10,12H2,1-2H3/t13-,16?,17?,18?,20?,21?,22-/m0/s1. The maximum Gasteiger partial charge on any atom is 0.306 e. The summed E-state index contributed by atoms with van der Waals surface area (Å²) in [4.78, 5) is 23.8. The van der Waals surface area contributed by atoms with Crippen molar-refractivity contribution in [2.24, 2.45) is 35.0 Å². The monoisotopic (exact) mass is 342 g/mol. The summed E-state index contributed by atoms with van der Waals surface area (Å²) in [6.07, 6.45) is 11.2. The SMILES string of the molecule is C[C@H]1C[C@@]2(CCC(=O)O2)C2(C)CCC3C4CCC(=O)C=C4CCC3C12. The van der Waals surface area contributed by atoms with Gasteiger partial charge in [0.15, 0.2) is 5.78 Å². The van der Waals surface area contributed by atoms with Gasteiger partial charge in [-0.1, -0.05) is 19.4 Å². The molecule has 1 aliphatic heterocycles. The average Bonchev–Trinajstić information content (AvgIpc) is 3.05. The third-order valence-electron chi connectivity index (χ3n) is 8.90. The van der Waals surface area contributed by atoms with Crippen molar-refractivity contribution >= 4 is 11.8 Å². The minimum absolute atomic E-state index is 0.0239. The number of hydrogen-bond donors (Lipinski definition) is 0. The minimum atomic E-state index is -0.183. The topological polar surface area (TPSA) is 43.4 Å². The summed E-state index contributed by atoms with van der Waals surface area (Å²) < 4.78 is 6.06. The Labute approximate surface area is 150 Å². The highest BCUT2D eigenvalue weighted by Gasteiger charge is 2.68. The zero-order valence-corrected chi connectivity index (χ0v) is 15.6. The zero-order valence-electron chi connectivity index (χ0n) is 15.6. The van der Waals surface area contributed by atoms with Crippen molar-refractivity contribution in [3.63, 3.8) is 0 Å². The molecule has 0 amide bonds. The Hall–Kier alpha value is -1.12. The van der Waals surface area contributed by atoms with E-state index in [4.69, 9.17) is 4.74 Å². The highest BCUT2D eigenvalue weighted by atomic mass is 16.6. The lowest BCUT2D eigenvalue weighted by molar-refractivity contribution is -0.166. The summed E-state index contributed by atoms with van der Waals surface area (Å²) in [5.74, 6) is 3.84. The van der Waals surface area contributed by atoms with Gasteiger partial charge < -0.3 is 4.74 Å². The van der Waals surface area contributed by atoms with Crippen molar-refractivity contribution in [1.82, 2.24) is 0 Å². The van der Waals surface area contributed by atoms with E-state index in [-0.39, 0.29) is 17.0 Å².